The maximum absolute atomic E-state index is 13.7. The zero-order chi connectivity index (χ0) is 14.5. The van der Waals surface area contributed by atoms with Crippen LogP contribution < -0.4 is 5.32 Å². The van der Waals surface area contributed by atoms with Gasteiger partial charge in [-0.25, -0.2) is 4.39 Å². The SMILES string of the molecule is CCNC(Cc1cccc(C)c1)c1ccc(Br)c(F)c1. The molecule has 1 unspecified atom stereocenters. The number of hydrogen-bond donors (Lipinski definition) is 1. The normalized spacial score (nSPS) is 12.4. The molecule has 0 aliphatic carbocycles. The number of aryl methyl sites for hydroxylation is 1. The van der Waals surface area contributed by atoms with Gasteiger partial charge >= 0.3 is 0 Å². The van der Waals surface area contributed by atoms with Crippen LogP contribution in [0.4, 0.5) is 4.39 Å². The fourth-order valence-corrected chi connectivity index (χ4v) is 2.60. The molecule has 0 aliphatic heterocycles. The van der Waals surface area contributed by atoms with Crippen molar-refractivity contribution in [2.75, 3.05) is 6.54 Å². The molecule has 1 atom stereocenters. The molecule has 0 fully saturated rings. The second-order valence-electron chi connectivity index (χ2n) is 4.98. The number of rotatable bonds is 5. The fourth-order valence-electron chi connectivity index (χ4n) is 2.36. The zero-order valence-corrected chi connectivity index (χ0v) is 13.4. The molecule has 0 aromatic heterocycles. The van der Waals surface area contributed by atoms with E-state index in [0.717, 1.165) is 18.5 Å². The van der Waals surface area contributed by atoms with Crippen LogP contribution in [0.1, 0.15) is 29.7 Å². The summed E-state index contributed by atoms with van der Waals surface area (Å²) in [7, 11) is 0. The lowest BCUT2D eigenvalue weighted by Gasteiger charge is -2.19. The van der Waals surface area contributed by atoms with E-state index in [1.54, 1.807) is 12.1 Å². The molecule has 0 saturated carbocycles. The first-order valence-electron chi connectivity index (χ1n) is 6.84. The topological polar surface area (TPSA) is 12.0 Å². The minimum absolute atomic E-state index is 0.129. The number of halogens is 2. The number of nitrogens with one attached hydrogen (secondary N) is 1. The van der Waals surface area contributed by atoms with Gasteiger partial charge in [0.05, 0.1) is 4.47 Å². The van der Waals surface area contributed by atoms with Gasteiger partial charge in [0.25, 0.3) is 0 Å². The van der Waals surface area contributed by atoms with Crippen LogP contribution in [0.5, 0.6) is 0 Å². The van der Waals surface area contributed by atoms with E-state index in [-0.39, 0.29) is 11.9 Å². The third-order valence-corrected chi connectivity index (χ3v) is 3.96. The Morgan fingerprint density at radius 2 is 2.00 bits per heavy atom. The standard InChI is InChI=1S/C17H19BrFN/c1-3-20-17(10-13-6-4-5-12(2)9-13)14-7-8-15(18)16(19)11-14/h4-9,11,17,20H,3,10H2,1-2H3. The molecule has 2 rings (SSSR count). The van der Waals surface area contributed by atoms with Crippen LogP contribution in [0.3, 0.4) is 0 Å². The third-order valence-electron chi connectivity index (χ3n) is 3.32. The Bertz CT molecular complexity index is 583. The molecule has 0 saturated heterocycles. The van der Waals surface area contributed by atoms with Gasteiger partial charge in [-0.3, -0.25) is 0 Å². The Kier molecular flexibility index (Phi) is 5.32. The van der Waals surface area contributed by atoms with Gasteiger partial charge in [0.15, 0.2) is 0 Å². The summed E-state index contributed by atoms with van der Waals surface area (Å²) in [6.07, 6.45) is 0.858. The molecule has 20 heavy (non-hydrogen) atoms. The first kappa shape index (κ1) is 15.2. The summed E-state index contributed by atoms with van der Waals surface area (Å²) in [6.45, 7) is 5.01. The Hall–Kier alpha value is -1.19. The van der Waals surface area contributed by atoms with Gasteiger partial charge in [-0.15, -0.1) is 0 Å². The van der Waals surface area contributed by atoms with Crippen molar-refractivity contribution in [1.29, 1.82) is 0 Å². The molecule has 0 aliphatic rings. The summed E-state index contributed by atoms with van der Waals surface area (Å²) in [5, 5.41) is 3.43. The lowest BCUT2D eigenvalue weighted by atomic mass is 9.98. The number of hydrogen-bond acceptors (Lipinski definition) is 1. The molecule has 0 heterocycles. The fraction of sp³-hybridized carbons (Fsp3) is 0.294. The van der Waals surface area contributed by atoms with E-state index in [1.807, 2.05) is 6.07 Å². The maximum Gasteiger partial charge on any atom is 0.137 e. The van der Waals surface area contributed by atoms with Crippen molar-refractivity contribution in [3.8, 4) is 0 Å². The number of benzene rings is 2. The second-order valence-corrected chi connectivity index (χ2v) is 5.83. The van der Waals surface area contributed by atoms with Crippen LogP contribution >= 0.6 is 15.9 Å². The minimum Gasteiger partial charge on any atom is -0.310 e. The Labute approximate surface area is 128 Å². The molecular formula is C17H19BrFN. The first-order valence-corrected chi connectivity index (χ1v) is 7.63. The van der Waals surface area contributed by atoms with Gasteiger partial charge in [0, 0.05) is 6.04 Å². The molecule has 0 bridgehead atoms. The van der Waals surface area contributed by atoms with Gasteiger partial charge in [-0.1, -0.05) is 42.8 Å². The summed E-state index contributed by atoms with van der Waals surface area (Å²) >= 11 is 3.20. The van der Waals surface area contributed by atoms with Crippen molar-refractivity contribution in [1.82, 2.24) is 5.32 Å². The van der Waals surface area contributed by atoms with Gasteiger partial charge in [-0.05, 0) is 59.1 Å². The van der Waals surface area contributed by atoms with Gasteiger partial charge < -0.3 is 5.32 Å². The lowest BCUT2D eigenvalue weighted by Crippen LogP contribution is -2.23. The molecule has 1 N–H and O–H groups in total. The van der Waals surface area contributed by atoms with Crippen molar-refractivity contribution >= 4 is 15.9 Å². The van der Waals surface area contributed by atoms with Crippen molar-refractivity contribution < 1.29 is 4.39 Å². The van der Waals surface area contributed by atoms with Crippen LogP contribution in [0.2, 0.25) is 0 Å². The molecule has 2 aromatic rings. The van der Waals surface area contributed by atoms with E-state index in [1.165, 1.54) is 11.1 Å². The summed E-state index contributed by atoms with van der Waals surface area (Å²) in [6, 6.07) is 13.9. The molecule has 2 aromatic carbocycles. The average Bonchev–Trinajstić information content (AvgIpc) is 2.41. The summed E-state index contributed by atoms with van der Waals surface area (Å²) < 4.78 is 14.2. The van der Waals surface area contributed by atoms with E-state index in [0.29, 0.717) is 4.47 Å². The highest BCUT2D eigenvalue weighted by Gasteiger charge is 2.13. The molecule has 0 spiro atoms. The summed E-state index contributed by atoms with van der Waals surface area (Å²) in [4.78, 5) is 0. The number of likely N-dealkylation sites (N-methyl/N-ethyl adjacent to an activating group) is 1. The summed E-state index contributed by atoms with van der Waals surface area (Å²) in [5.41, 5.74) is 3.49. The van der Waals surface area contributed by atoms with Gasteiger partial charge in [-0.2, -0.15) is 0 Å². The van der Waals surface area contributed by atoms with Crippen LogP contribution in [-0.4, -0.2) is 6.54 Å². The smallest absolute Gasteiger partial charge is 0.137 e. The zero-order valence-electron chi connectivity index (χ0n) is 11.8. The van der Waals surface area contributed by atoms with E-state index in [4.69, 9.17) is 0 Å². The largest absolute Gasteiger partial charge is 0.310 e. The Morgan fingerprint density at radius 1 is 1.20 bits per heavy atom. The Balaban J connectivity index is 2.24. The van der Waals surface area contributed by atoms with Crippen molar-refractivity contribution in [3.05, 3.63) is 69.4 Å². The maximum atomic E-state index is 13.7. The lowest BCUT2D eigenvalue weighted by molar-refractivity contribution is 0.541. The highest BCUT2D eigenvalue weighted by Crippen LogP contribution is 2.23. The van der Waals surface area contributed by atoms with Crippen LogP contribution in [0.15, 0.2) is 46.9 Å². The first-order chi connectivity index (χ1) is 9.60. The van der Waals surface area contributed by atoms with Gasteiger partial charge in [0.2, 0.25) is 0 Å². The predicted octanol–water partition coefficient (Wildman–Crippen LogP) is 4.79. The molecular weight excluding hydrogens is 317 g/mol. The summed E-state index contributed by atoms with van der Waals surface area (Å²) in [5.74, 6) is -0.213. The monoisotopic (exact) mass is 335 g/mol. The van der Waals surface area contributed by atoms with Crippen molar-refractivity contribution in [3.63, 3.8) is 0 Å². The van der Waals surface area contributed by atoms with E-state index in [2.05, 4.69) is 59.4 Å². The molecule has 0 amide bonds. The predicted molar refractivity (Wildman–Crippen MR) is 85.4 cm³/mol. The molecule has 106 valence electrons. The third kappa shape index (κ3) is 3.90. The molecule has 1 nitrogen and oxygen atoms in total. The molecule has 0 radical (unpaired) electrons. The quantitative estimate of drug-likeness (QED) is 0.828. The minimum atomic E-state index is -0.213. The van der Waals surface area contributed by atoms with Crippen molar-refractivity contribution in [2.45, 2.75) is 26.3 Å². The van der Waals surface area contributed by atoms with Crippen LogP contribution in [-0.2, 0) is 6.42 Å². The second kappa shape index (κ2) is 7.00. The van der Waals surface area contributed by atoms with E-state index < -0.39 is 0 Å². The van der Waals surface area contributed by atoms with Crippen LogP contribution in [0.25, 0.3) is 0 Å². The highest BCUT2D eigenvalue weighted by atomic mass is 79.9. The van der Waals surface area contributed by atoms with E-state index >= 15 is 0 Å². The Morgan fingerprint density at radius 3 is 2.65 bits per heavy atom. The highest BCUT2D eigenvalue weighted by molar-refractivity contribution is 9.10. The van der Waals surface area contributed by atoms with Crippen molar-refractivity contribution in [2.24, 2.45) is 0 Å². The molecule has 3 heteroatoms. The average molecular weight is 336 g/mol. The van der Waals surface area contributed by atoms with Crippen LogP contribution in [0, 0.1) is 12.7 Å². The van der Waals surface area contributed by atoms with Gasteiger partial charge in [0.1, 0.15) is 5.82 Å². The van der Waals surface area contributed by atoms with E-state index in [9.17, 15) is 4.39 Å².